The number of carbonyl (C=O) groups excluding carboxylic acids is 1. The predicted octanol–water partition coefficient (Wildman–Crippen LogP) is 2.23. The number of carbonyl (C=O) groups is 1. The summed E-state index contributed by atoms with van der Waals surface area (Å²) in [6.45, 7) is 0. The van der Waals surface area contributed by atoms with E-state index in [2.05, 4.69) is 5.10 Å². The molecule has 2 N–H and O–H groups in total. The van der Waals surface area contributed by atoms with Crippen LogP contribution in [-0.2, 0) is 0 Å². The van der Waals surface area contributed by atoms with Gasteiger partial charge < -0.3 is 10.2 Å². The van der Waals surface area contributed by atoms with E-state index in [1.807, 2.05) is 36.5 Å². The van der Waals surface area contributed by atoms with Crippen LogP contribution in [0, 0.1) is 0 Å². The van der Waals surface area contributed by atoms with Crippen molar-refractivity contribution >= 4 is 5.91 Å². The SMILES string of the molecule is NC(=O)c1ccc(-c2cccc(-n3cccn3)c2)o1. The maximum absolute atomic E-state index is 11.0. The third-order valence-electron chi connectivity index (χ3n) is 2.75. The van der Waals surface area contributed by atoms with Crippen molar-refractivity contribution in [3.05, 3.63) is 60.6 Å². The first-order chi connectivity index (χ1) is 9.24. The molecule has 2 aromatic heterocycles. The van der Waals surface area contributed by atoms with E-state index in [1.54, 1.807) is 23.0 Å². The molecular weight excluding hydrogens is 242 g/mol. The van der Waals surface area contributed by atoms with Crippen LogP contribution in [0.2, 0.25) is 0 Å². The summed E-state index contributed by atoms with van der Waals surface area (Å²) in [5.41, 5.74) is 6.94. The molecule has 0 spiro atoms. The number of hydrogen-bond donors (Lipinski definition) is 1. The molecule has 2 heterocycles. The highest BCUT2D eigenvalue weighted by molar-refractivity contribution is 5.90. The average Bonchev–Trinajstić information content (AvgIpc) is 3.10. The van der Waals surface area contributed by atoms with Crippen LogP contribution in [0.1, 0.15) is 10.6 Å². The Morgan fingerprint density at radius 3 is 2.79 bits per heavy atom. The number of furan rings is 1. The molecule has 0 saturated carbocycles. The van der Waals surface area contributed by atoms with Gasteiger partial charge in [-0.3, -0.25) is 4.79 Å². The van der Waals surface area contributed by atoms with Crippen LogP contribution in [-0.4, -0.2) is 15.7 Å². The Balaban J connectivity index is 2.01. The number of nitrogens with two attached hydrogens (primary N) is 1. The lowest BCUT2D eigenvalue weighted by atomic mass is 10.1. The Kier molecular flexibility index (Phi) is 2.64. The quantitative estimate of drug-likeness (QED) is 0.777. The molecule has 1 amide bonds. The molecule has 0 radical (unpaired) electrons. The molecule has 0 saturated heterocycles. The number of amides is 1. The summed E-state index contributed by atoms with van der Waals surface area (Å²) in [5, 5.41) is 4.17. The second kappa shape index (κ2) is 4.45. The zero-order valence-electron chi connectivity index (χ0n) is 9.98. The van der Waals surface area contributed by atoms with Crippen molar-refractivity contribution in [3.63, 3.8) is 0 Å². The van der Waals surface area contributed by atoms with Gasteiger partial charge in [-0.1, -0.05) is 12.1 Å². The van der Waals surface area contributed by atoms with Crippen molar-refractivity contribution < 1.29 is 9.21 Å². The third kappa shape index (κ3) is 2.13. The highest BCUT2D eigenvalue weighted by Crippen LogP contribution is 2.24. The van der Waals surface area contributed by atoms with Gasteiger partial charge in [0.25, 0.3) is 5.91 Å². The van der Waals surface area contributed by atoms with E-state index >= 15 is 0 Å². The Labute approximate surface area is 109 Å². The zero-order chi connectivity index (χ0) is 13.2. The molecule has 0 aliphatic carbocycles. The summed E-state index contributed by atoms with van der Waals surface area (Å²) < 4.78 is 7.15. The predicted molar refractivity (Wildman–Crippen MR) is 69.8 cm³/mol. The monoisotopic (exact) mass is 253 g/mol. The number of hydrogen-bond acceptors (Lipinski definition) is 3. The van der Waals surface area contributed by atoms with Crippen LogP contribution in [0.4, 0.5) is 0 Å². The van der Waals surface area contributed by atoms with Crippen molar-refractivity contribution in [2.45, 2.75) is 0 Å². The number of rotatable bonds is 3. The van der Waals surface area contributed by atoms with Crippen LogP contribution >= 0.6 is 0 Å². The summed E-state index contributed by atoms with van der Waals surface area (Å²) in [7, 11) is 0. The van der Waals surface area contributed by atoms with Crippen molar-refractivity contribution in [3.8, 4) is 17.0 Å². The molecule has 5 heteroatoms. The fraction of sp³-hybridized carbons (Fsp3) is 0. The zero-order valence-corrected chi connectivity index (χ0v) is 9.98. The van der Waals surface area contributed by atoms with Gasteiger partial charge in [0, 0.05) is 18.0 Å². The summed E-state index contributed by atoms with van der Waals surface area (Å²) in [4.78, 5) is 11.0. The minimum absolute atomic E-state index is 0.152. The molecule has 0 fully saturated rings. The van der Waals surface area contributed by atoms with Gasteiger partial charge in [-0.2, -0.15) is 5.10 Å². The molecule has 0 aliphatic heterocycles. The van der Waals surface area contributed by atoms with Crippen LogP contribution in [0.3, 0.4) is 0 Å². The van der Waals surface area contributed by atoms with Gasteiger partial charge in [0.15, 0.2) is 5.76 Å². The molecule has 3 aromatic rings. The van der Waals surface area contributed by atoms with Gasteiger partial charge in [0.05, 0.1) is 5.69 Å². The van der Waals surface area contributed by atoms with E-state index < -0.39 is 5.91 Å². The number of nitrogens with zero attached hydrogens (tertiary/aromatic N) is 2. The second-order valence-corrected chi connectivity index (χ2v) is 4.03. The maximum atomic E-state index is 11.0. The highest BCUT2D eigenvalue weighted by atomic mass is 16.3. The lowest BCUT2D eigenvalue weighted by Crippen LogP contribution is -2.09. The van der Waals surface area contributed by atoms with Gasteiger partial charge in [0.2, 0.25) is 0 Å². The van der Waals surface area contributed by atoms with E-state index in [4.69, 9.17) is 10.2 Å². The first-order valence-corrected chi connectivity index (χ1v) is 5.74. The summed E-state index contributed by atoms with van der Waals surface area (Å²) in [6.07, 6.45) is 3.57. The maximum Gasteiger partial charge on any atom is 0.284 e. The minimum Gasteiger partial charge on any atom is -0.451 e. The Bertz CT molecular complexity index is 714. The van der Waals surface area contributed by atoms with Gasteiger partial charge in [-0.15, -0.1) is 0 Å². The standard InChI is InChI=1S/C14H11N3O2/c15-14(18)13-6-5-12(19-13)10-3-1-4-11(9-10)17-8-2-7-16-17/h1-9H,(H2,15,18). The van der Waals surface area contributed by atoms with Crippen LogP contribution < -0.4 is 5.73 Å². The molecule has 5 nitrogen and oxygen atoms in total. The Morgan fingerprint density at radius 2 is 2.11 bits per heavy atom. The molecular formula is C14H11N3O2. The lowest BCUT2D eigenvalue weighted by Gasteiger charge is -2.03. The van der Waals surface area contributed by atoms with E-state index in [0.29, 0.717) is 5.76 Å². The number of aromatic nitrogens is 2. The Hall–Kier alpha value is -2.82. The summed E-state index contributed by atoms with van der Waals surface area (Å²) in [5.74, 6) is 0.178. The number of primary amides is 1. The molecule has 94 valence electrons. The van der Waals surface area contributed by atoms with Gasteiger partial charge >= 0.3 is 0 Å². The van der Waals surface area contributed by atoms with Crippen LogP contribution in [0.5, 0.6) is 0 Å². The minimum atomic E-state index is -0.575. The third-order valence-corrected chi connectivity index (χ3v) is 2.75. The van der Waals surface area contributed by atoms with E-state index in [0.717, 1.165) is 11.3 Å². The molecule has 0 unspecified atom stereocenters. The lowest BCUT2D eigenvalue weighted by molar-refractivity contribution is 0.0974. The molecule has 0 atom stereocenters. The van der Waals surface area contributed by atoms with Gasteiger partial charge in [-0.05, 0) is 30.3 Å². The topological polar surface area (TPSA) is 74.1 Å². The van der Waals surface area contributed by atoms with E-state index in [1.165, 1.54) is 0 Å². The molecule has 3 rings (SSSR count). The fourth-order valence-electron chi connectivity index (χ4n) is 1.85. The van der Waals surface area contributed by atoms with E-state index in [9.17, 15) is 4.79 Å². The molecule has 19 heavy (non-hydrogen) atoms. The van der Waals surface area contributed by atoms with Crippen molar-refractivity contribution in [2.75, 3.05) is 0 Å². The normalized spacial score (nSPS) is 10.5. The smallest absolute Gasteiger partial charge is 0.284 e. The van der Waals surface area contributed by atoms with Crippen molar-refractivity contribution in [2.24, 2.45) is 5.73 Å². The van der Waals surface area contributed by atoms with Crippen LogP contribution in [0.25, 0.3) is 17.0 Å². The molecule has 0 bridgehead atoms. The Morgan fingerprint density at radius 1 is 1.21 bits per heavy atom. The summed E-state index contributed by atoms with van der Waals surface area (Å²) >= 11 is 0. The second-order valence-electron chi connectivity index (χ2n) is 4.03. The first kappa shape index (κ1) is 11.3. The van der Waals surface area contributed by atoms with Gasteiger partial charge in [0.1, 0.15) is 5.76 Å². The van der Waals surface area contributed by atoms with Gasteiger partial charge in [-0.25, -0.2) is 4.68 Å². The summed E-state index contributed by atoms with van der Waals surface area (Å²) in [6, 6.07) is 12.8. The first-order valence-electron chi connectivity index (χ1n) is 5.74. The van der Waals surface area contributed by atoms with Crippen molar-refractivity contribution in [1.82, 2.24) is 9.78 Å². The largest absolute Gasteiger partial charge is 0.451 e. The number of benzene rings is 1. The van der Waals surface area contributed by atoms with Crippen LogP contribution in [0.15, 0.2) is 59.3 Å². The molecule has 1 aromatic carbocycles. The average molecular weight is 253 g/mol. The molecule has 0 aliphatic rings. The van der Waals surface area contributed by atoms with E-state index in [-0.39, 0.29) is 5.76 Å². The van der Waals surface area contributed by atoms with Crippen molar-refractivity contribution in [1.29, 1.82) is 0 Å². The fourth-order valence-corrected chi connectivity index (χ4v) is 1.85. The highest BCUT2D eigenvalue weighted by Gasteiger charge is 2.09.